The molecule has 1 fully saturated rings. The number of aromatic carboxylic acids is 1. The Morgan fingerprint density at radius 2 is 1.86 bits per heavy atom. The molecular weight excluding hydrogens is 356 g/mol. The van der Waals surface area contributed by atoms with Crippen molar-refractivity contribution in [3.63, 3.8) is 0 Å². The summed E-state index contributed by atoms with van der Waals surface area (Å²) < 4.78 is 5.35. The van der Waals surface area contributed by atoms with Crippen molar-refractivity contribution in [1.82, 2.24) is 9.88 Å². The number of likely N-dealkylation sites (tertiary alicyclic amines) is 1. The van der Waals surface area contributed by atoms with Gasteiger partial charge in [-0.3, -0.25) is 4.79 Å². The molecule has 2 N–H and O–H groups in total. The van der Waals surface area contributed by atoms with Gasteiger partial charge in [0.1, 0.15) is 5.75 Å². The van der Waals surface area contributed by atoms with E-state index >= 15 is 0 Å². The molecule has 0 spiro atoms. The predicted octanol–water partition coefficient (Wildman–Crippen LogP) is 3.89. The Morgan fingerprint density at radius 3 is 2.57 bits per heavy atom. The maximum absolute atomic E-state index is 12.8. The van der Waals surface area contributed by atoms with E-state index in [-0.39, 0.29) is 11.5 Å². The van der Waals surface area contributed by atoms with E-state index < -0.39 is 5.97 Å². The quantitative estimate of drug-likeness (QED) is 0.721. The summed E-state index contributed by atoms with van der Waals surface area (Å²) in [7, 11) is 1.66. The van der Waals surface area contributed by atoms with Crippen molar-refractivity contribution >= 4 is 22.8 Å². The smallest absolute Gasteiger partial charge is 0.335 e. The van der Waals surface area contributed by atoms with Crippen molar-refractivity contribution in [3.8, 4) is 5.75 Å². The molecule has 28 heavy (non-hydrogen) atoms. The standard InChI is InChI=1S/C22H22N2O4/c1-28-17-5-6-20-18(12-17)19(13-23-20)14-7-9-24(10-8-14)21(25)15-3-2-4-16(11-15)22(26)27/h2-6,11-14,23H,7-10H2,1H3,(H,26,27). The van der Waals surface area contributed by atoms with Crippen LogP contribution in [0.2, 0.25) is 0 Å². The molecule has 1 amide bonds. The molecule has 6 heteroatoms. The number of hydrogen-bond donors (Lipinski definition) is 2. The number of methoxy groups -OCH3 is 1. The summed E-state index contributed by atoms with van der Waals surface area (Å²) in [5.74, 6) is 0.0693. The SMILES string of the molecule is COc1ccc2[nH]cc(C3CCN(C(=O)c4cccc(C(=O)O)c4)CC3)c2c1. The zero-order valence-electron chi connectivity index (χ0n) is 15.6. The number of nitrogens with zero attached hydrogens (tertiary/aromatic N) is 1. The van der Waals surface area contributed by atoms with Crippen LogP contribution in [0, 0.1) is 0 Å². The van der Waals surface area contributed by atoms with Crippen molar-refractivity contribution in [2.24, 2.45) is 0 Å². The van der Waals surface area contributed by atoms with Gasteiger partial charge in [0.25, 0.3) is 5.91 Å². The van der Waals surface area contributed by atoms with Crippen molar-refractivity contribution < 1.29 is 19.4 Å². The van der Waals surface area contributed by atoms with Gasteiger partial charge in [-0.25, -0.2) is 4.79 Å². The number of carbonyl (C=O) groups is 2. The highest BCUT2D eigenvalue weighted by molar-refractivity contribution is 5.97. The number of carboxylic acid groups (broad SMARTS) is 1. The van der Waals surface area contributed by atoms with E-state index in [1.807, 2.05) is 17.0 Å². The lowest BCUT2D eigenvalue weighted by molar-refractivity contribution is 0.0697. The first-order valence-corrected chi connectivity index (χ1v) is 9.34. The first kappa shape index (κ1) is 18.1. The van der Waals surface area contributed by atoms with Crippen molar-refractivity contribution in [2.75, 3.05) is 20.2 Å². The second kappa shape index (κ2) is 7.38. The van der Waals surface area contributed by atoms with Crippen LogP contribution in [0.4, 0.5) is 0 Å². The minimum Gasteiger partial charge on any atom is -0.497 e. The Labute approximate surface area is 162 Å². The van der Waals surface area contributed by atoms with Gasteiger partial charge in [0, 0.05) is 35.8 Å². The van der Waals surface area contributed by atoms with Crippen LogP contribution < -0.4 is 4.74 Å². The maximum Gasteiger partial charge on any atom is 0.335 e. The highest BCUT2D eigenvalue weighted by Crippen LogP contribution is 2.35. The van der Waals surface area contributed by atoms with Crippen molar-refractivity contribution in [2.45, 2.75) is 18.8 Å². The fourth-order valence-corrected chi connectivity index (χ4v) is 3.95. The number of hydrogen-bond acceptors (Lipinski definition) is 3. The number of ether oxygens (including phenoxy) is 1. The van der Waals surface area contributed by atoms with Gasteiger partial charge in [-0.2, -0.15) is 0 Å². The third-order valence-electron chi connectivity index (χ3n) is 5.50. The average molecular weight is 378 g/mol. The summed E-state index contributed by atoms with van der Waals surface area (Å²) in [6.45, 7) is 1.30. The topological polar surface area (TPSA) is 82.6 Å². The summed E-state index contributed by atoms with van der Waals surface area (Å²) in [5.41, 5.74) is 2.90. The molecule has 1 aromatic heterocycles. The van der Waals surface area contributed by atoms with E-state index in [0.717, 1.165) is 24.1 Å². The molecule has 144 valence electrons. The molecule has 1 aliphatic heterocycles. The largest absolute Gasteiger partial charge is 0.497 e. The number of H-pyrrole nitrogens is 1. The van der Waals surface area contributed by atoms with Crippen LogP contribution in [-0.2, 0) is 0 Å². The first-order valence-electron chi connectivity index (χ1n) is 9.34. The van der Waals surface area contributed by atoms with Crippen LogP contribution in [-0.4, -0.2) is 47.1 Å². The summed E-state index contributed by atoms with van der Waals surface area (Å²) in [6, 6.07) is 12.2. The lowest BCUT2D eigenvalue weighted by Crippen LogP contribution is -2.38. The zero-order valence-corrected chi connectivity index (χ0v) is 15.6. The van der Waals surface area contributed by atoms with Gasteiger partial charge in [-0.05, 0) is 60.7 Å². The molecule has 1 aliphatic rings. The van der Waals surface area contributed by atoms with Gasteiger partial charge in [-0.1, -0.05) is 6.07 Å². The number of benzene rings is 2. The molecule has 0 atom stereocenters. The van der Waals surface area contributed by atoms with Crippen LogP contribution in [0.15, 0.2) is 48.7 Å². The Morgan fingerprint density at radius 1 is 1.11 bits per heavy atom. The number of rotatable bonds is 4. The van der Waals surface area contributed by atoms with Crippen LogP contribution in [0.1, 0.15) is 45.0 Å². The molecule has 2 aromatic carbocycles. The molecule has 0 radical (unpaired) electrons. The van der Waals surface area contributed by atoms with Gasteiger partial charge in [0.05, 0.1) is 12.7 Å². The molecule has 3 aromatic rings. The van der Waals surface area contributed by atoms with Gasteiger partial charge >= 0.3 is 5.97 Å². The Balaban J connectivity index is 1.48. The van der Waals surface area contributed by atoms with Gasteiger partial charge in [-0.15, -0.1) is 0 Å². The first-order chi connectivity index (χ1) is 13.6. The molecule has 0 saturated carbocycles. The second-order valence-electron chi connectivity index (χ2n) is 7.11. The van der Waals surface area contributed by atoms with Crippen molar-refractivity contribution in [3.05, 3.63) is 65.4 Å². The number of amides is 1. The van der Waals surface area contributed by atoms with Gasteiger partial charge < -0.3 is 19.7 Å². The summed E-state index contributed by atoms with van der Waals surface area (Å²) >= 11 is 0. The zero-order chi connectivity index (χ0) is 19.7. The molecule has 0 unspecified atom stereocenters. The van der Waals surface area contributed by atoms with E-state index in [4.69, 9.17) is 9.84 Å². The highest BCUT2D eigenvalue weighted by Gasteiger charge is 2.26. The van der Waals surface area contributed by atoms with E-state index in [9.17, 15) is 9.59 Å². The van der Waals surface area contributed by atoms with E-state index in [1.54, 1.807) is 19.2 Å². The van der Waals surface area contributed by atoms with Crippen LogP contribution in [0.25, 0.3) is 10.9 Å². The second-order valence-corrected chi connectivity index (χ2v) is 7.11. The molecule has 4 rings (SSSR count). The summed E-state index contributed by atoms with van der Waals surface area (Å²) in [5, 5.41) is 10.3. The van der Waals surface area contributed by atoms with Gasteiger partial charge in [0.15, 0.2) is 0 Å². The van der Waals surface area contributed by atoms with Crippen LogP contribution in [0.3, 0.4) is 0 Å². The van der Waals surface area contributed by atoms with E-state index in [2.05, 4.69) is 17.2 Å². The number of piperidine rings is 1. The predicted molar refractivity (Wildman–Crippen MR) is 106 cm³/mol. The highest BCUT2D eigenvalue weighted by atomic mass is 16.5. The third-order valence-corrected chi connectivity index (χ3v) is 5.50. The summed E-state index contributed by atoms with van der Waals surface area (Å²) in [6.07, 6.45) is 3.80. The fraction of sp³-hybridized carbons (Fsp3) is 0.273. The number of carboxylic acids is 1. The van der Waals surface area contributed by atoms with E-state index in [1.165, 1.54) is 23.1 Å². The van der Waals surface area contributed by atoms with E-state index in [0.29, 0.717) is 24.6 Å². The molecule has 0 bridgehead atoms. The van der Waals surface area contributed by atoms with Crippen LogP contribution in [0.5, 0.6) is 5.75 Å². The Bertz CT molecular complexity index is 1030. The molecular formula is C22H22N2O4. The Hall–Kier alpha value is -3.28. The minimum absolute atomic E-state index is 0.109. The van der Waals surface area contributed by atoms with Crippen LogP contribution >= 0.6 is 0 Å². The number of aromatic amines is 1. The van der Waals surface area contributed by atoms with Gasteiger partial charge in [0.2, 0.25) is 0 Å². The number of fused-ring (bicyclic) bond motifs is 1. The number of nitrogens with one attached hydrogen (secondary N) is 1. The monoisotopic (exact) mass is 378 g/mol. The average Bonchev–Trinajstić information content (AvgIpc) is 3.16. The number of carbonyl (C=O) groups excluding carboxylic acids is 1. The molecule has 0 aliphatic carbocycles. The molecule has 6 nitrogen and oxygen atoms in total. The lowest BCUT2D eigenvalue weighted by atomic mass is 9.89. The Kier molecular flexibility index (Phi) is 4.77. The normalized spacial score (nSPS) is 15.0. The maximum atomic E-state index is 12.8. The molecule has 1 saturated heterocycles. The third kappa shape index (κ3) is 3.33. The summed E-state index contributed by atoms with van der Waals surface area (Å²) in [4.78, 5) is 29.1. The minimum atomic E-state index is -1.02. The van der Waals surface area contributed by atoms with Crippen molar-refractivity contribution in [1.29, 1.82) is 0 Å². The molecule has 2 heterocycles. The number of aromatic nitrogens is 1. The fourth-order valence-electron chi connectivity index (χ4n) is 3.95. The lowest BCUT2D eigenvalue weighted by Gasteiger charge is -2.32.